The number of hydrogen-bond donors (Lipinski definition) is 0. The molecule has 1 aliphatic rings. The third kappa shape index (κ3) is 2.01. The summed E-state index contributed by atoms with van der Waals surface area (Å²) in [5.41, 5.74) is 2.16. The number of rotatable bonds is 3. The van der Waals surface area contributed by atoms with Crippen LogP contribution in [0, 0.1) is 0 Å². The van der Waals surface area contributed by atoms with Crippen LogP contribution in [0.15, 0.2) is 12.0 Å². The van der Waals surface area contributed by atoms with Crippen LogP contribution in [0.3, 0.4) is 0 Å². The molecule has 0 bridgehead atoms. The van der Waals surface area contributed by atoms with Gasteiger partial charge < -0.3 is 0 Å². The Morgan fingerprint density at radius 3 is 2.53 bits per heavy atom. The van der Waals surface area contributed by atoms with Gasteiger partial charge in [0.2, 0.25) is 0 Å². The summed E-state index contributed by atoms with van der Waals surface area (Å²) < 4.78 is 10.8. The Hall–Kier alpha value is -0.985. The van der Waals surface area contributed by atoms with Crippen molar-refractivity contribution in [3.8, 4) is 11.4 Å². The fourth-order valence-corrected chi connectivity index (χ4v) is 2.47. The Bertz CT molecular complexity index is 332. The van der Waals surface area contributed by atoms with Crippen molar-refractivity contribution in [1.29, 1.82) is 0 Å². The number of ether oxygens (including phenoxy) is 2. The Labute approximate surface area is 91.8 Å². The molecule has 0 radical (unpaired) electrons. The molecule has 2 rings (SSSR count). The molecule has 0 spiro atoms. The number of hydrogen-bond acceptors (Lipinski definition) is 2. The molecular formula is C12H17BO2. The fraction of sp³-hybridized carbons (Fsp3) is 0.583. The molecule has 0 aromatic carbocycles. The van der Waals surface area contributed by atoms with E-state index in [1.807, 2.05) is 6.91 Å². The minimum atomic E-state index is 0.662. The molecule has 1 fully saturated rings. The first kappa shape index (κ1) is 10.5. The molecule has 1 aromatic heterocycles. The van der Waals surface area contributed by atoms with E-state index in [-0.39, 0.29) is 0 Å². The summed E-state index contributed by atoms with van der Waals surface area (Å²) in [6.45, 7) is 1.96. The van der Waals surface area contributed by atoms with Crippen LogP contribution in [0.25, 0.3) is 0 Å². The molecule has 3 heteroatoms. The zero-order valence-electron chi connectivity index (χ0n) is 9.45. The minimum absolute atomic E-state index is 0.662. The maximum absolute atomic E-state index is 5.45. The van der Waals surface area contributed by atoms with Crippen LogP contribution in [0.2, 0.25) is 0 Å². The van der Waals surface area contributed by atoms with Crippen LogP contribution < -0.4 is 9.47 Å². The van der Waals surface area contributed by atoms with Gasteiger partial charge >= 0.3 is 91.2 Å². The molecular weight excluding hydrogens is 187 g/mol. The van der Waals surface area contributed by atoms with Gasteiger partial charge in [0.1, 0.15) is 0 Å². The Morgan fingerprint density at radius 2 is 1.93 bits per heavy atom. The molecule has 0 saturated heterocycles. The van der Waals surface area contributed by atoms with E-state index in [1.54, 1.807) is 14.2 Å². The molecule has 15 heavy (non-hydrogen) atoms. The van der Waals surface area contributed by atoms with E-state index >= 15 is 0 Å². The molecule has 1 aliphatic carbocycles. The maximum atomic E-state index is 5.45. The van der Waals surface area contributed by atoms with Crippen molar-refractivity contribution in [1.82, 2.24) is 0 Å². The van der Waals surface area contributed by atoms with Crippen LogP contribution in [0.4, 0.5) is 0 Å². The second kappa shape index (κ2) is 4.69. The van der Waals surface area contributed by atoms with Crippen molar-refractivity contribution in [2.45, 2.75) is 31.6 Å². The van der Waals surface area contributed by atoms with E-state index in [9.17, 15) is 0 Å². The zero-order valence-corrected chi connectivity index (χ0v) is 9.45. The summed E-state index contributed by atoms with van der Waals surface area (Å²) in [6, 6.07) is 2.16. The molecule has 0 atom stereocenters. The Kier molecular flexibility index (Phi) is 3.29. The summed E-state index contributed by atoms with van der Waals surface area (Å²) in [5, 5.41) is 0. The molecule has 0 aliphatic heterocycles. The second-order valence-electron chi connectivity index (χ2n) is 4.06. The molecule has 1 saturated carbocycles. The Balaban J connectivity index is 2.36. The molecule has 1 aromatic rings. The monoisotopic (exact) mass is 204 g/mol. The predicted octanol–water partition coefficient (Wildman–Crippen LogP) is 2.70. The van der Waals surface area contributed by atoms with Gasteiger partial charge in [-0.05, 0) is 0 Å². The van der Waals surface area contributed by atoms with Crippen LogP contribution in [-0.4, -0.2) is 21.1 Å². The van der Waals surface area contributed by atoms with E-state index in [4.69, 9.17) is 9.47 Å². The van der Waals surface area contributed by atoms with Crippen molar-refractivity contribution < 1.29 is 9.47 Å². The van der Waals surface area contributed by atoms with Crippen LogP contribution in [0.1, 0.15) is 37.2 Å². The van der Waals surface area contributed by atoms with Gasteiger partial charge in [-0.25, -0.2) is 0 Å². The first-order valence-electron chi connectivity index (χ1n) is 5.57. The van der Waals surface area contributed by atoms with Crippen molar-refractivity contribution >= 4 is 6.91 Å². The summed E-state index contributed by atoms with van der Waals surface area (Å²) in [5.74, 6) is 3.64. The van der Waals surface area contributed by atoms with Crippen molar-refractivity contribution in [2.24, 2.45) is 0 Å². The van der Waals surface area contributed by atoms with E-state index < -0.39 is 0 Å². The Morgan fingerprint density at radius 1 is 1.20 bits per heavy atom. The SMILES string of the molecule is COc1bccc(C2CCCC2)c1OC. The molecule has 1 heterocycles. The topological polar surface area (TPSA) is 18.5 Å². The summed E-state index contributed by atoms with van der Waals surface area (Å²) in [4.78, 5) is 0. The van der Waals surface area contributed by atoms with Gasteiger partial charge in [-0.2, -0.15) is 0 Å². The van der Waals surface area contributed by atoms with E-state index in [1.165, 1.54) is 31.2 Å². The fourth-order valence-electron chi connectivity index (χ4n) is 2.47. The van der Waals surface area contributed by atoms with Crippen LogP contribution in [-0.2, 0) is 0 Å². The van der Waals surface area contributed by atoms with Crippen LogP contribution in [0.5, 0.6) is 11.4 Å². The molecule has 0 amide bonds. The van der Waals surface area contributed by atoms with Gasteiger partial charge in [0, 0.05) is 0 Å². The number of methoxy groups -OCH3 is 2. The summed E-state index contributed by atoms with van der Waals surface area (Å²) in [6.07, 6.45) is 5.24. The van der Waals surface area contributed by atoms with E-state index in [0.717, 1.165) is 11.4 Å². The van der Waals surface area contributed by atoms with Crippen molar-refractivity contribution in [3.05, 3.63) is 17.6 Å². The average Bonchev–Trinajstić information content (AvgIpc) is 2.81. The quantitative estimate of drug-likeness (QED) is 0.753. The van der Waals surface area contributed by atoms with Gasteiger partial charge in [0.15, 0.2) is 0 Å². The van der Waals surface area contributed by atoms with E-state index in [0.29, 0.717) is 5.92 Å². The molecule has 2 nitrogen and oxygen atoms in total. The van der Waals surface area contributed by atoms with Gasteiger partial charge in [-0.3, -0.25) is 0 Å². The van der Waals surface area contributed by atoms with Crippen molar-refractivity contribution in [3.63, 3.8) is 0 Å². The average molecular weight is 204 g/mol. The van der Waals surface area contributed by atoms with Crippen LogP contribution >= 0.6 is 0 Å². The second-order valence-corrected chi connectivity index (χ2v) is 4.06. The summed E-state index contributed by atoms with van der Waals surface area (Å²) in [7, 11) is 3.41. The third-order valence-electron chi connectivity index (χ3n) is 3.23. The van der Waals surface area contributed by atoms with E-state index in [2.05, 4.69) is 12.0 Å². The normalized spacial score (nSPS) is 16.4. The van der Waals surface area contributed by atoms with Gasteiger partial charge in [0.05, 0.1) is 0 Å². The standard InChI is InChI=1S/C12H17BO2/c1-14-11-10(9-5-3-4-6-9)7-8-13-12(11)15-2/h7-9H,3-6H2,1-2H3. The molecule has 0 N–H and O–H groups in total. The van der Waals surface area contributed by atoms with Gasteiger partial charge in [-0.1, -0.05) is 0 Å². The summed E-state index contributed by atoms with van der Waals surface area (Å²) >= 11 is 0. The molecule has 0 unspecified atom stereocenters. The third-order valence-corrected chi connectivity index (χ3v) is 3.23. The first-order chi connectivity index (χ1) is 7.36. The molecule has 80 valence electrons. The van der Waals surface area contributed by atoms with Crippen molar-refractivity contribution in [2.75, 3.05) is 14.2 Å². The first-order valence-corrected chi connectivity index (χ1v) is 5.57. The predicted molar refractivity (Wildman–Crippen MR) is 62.1 cm³/mol. The zero-order chi connectivity index (χ0) is 10.7. The van der Waals surface area contributed by atoms with Gasteiger partial charge in [-0.15, -0.1) is 0 Å². The van der Waals surface area contributed by atoms with Gasteiger partial charge in [0.25, 0.3) is 0 Å².